The lowest BCUT2D eigenvalue weighted by Gasteiger charge is -2.37. The monoisotopic (exact) mass is 403 g/mol. The van der Waals surface area contributed by atoms with Crippen LogP contribution in [0.2, 0.25) is 0 Å². The zero-order valence-electron chi connectivity index (χ0n) is 19.3. The summed E-state index contributed by atoms with van der Waals surface area (Å²) in [5.74, 6) is 0.846. The van der Waals surface area contributed by atoms with Gasteiger partial charge in [-0.05, 0) is 82.4 Å². The summed E-state index contributed by atoms with van der Waals surface area (Å²) in [5, 5.41) is 4.05. The van der Waals surface area contributed by atoms with Crippen LogP contribution in [0, 0.1) is 19.8 Å². The Morgan fingerprint density at radius 1 is 1.07 bits per heavy atom. The minimum atomic E-state index is -0.434. The number of aromatic nitrogens is 1. The highest BCUT2D eigenvalue weighted by Crippen LogP contribution is 2.37. The van der Waals surface area contributed by atoms with Gasteiger partial charge in [0, 0.05) is 30.0 Å². The Morgan fingerprint density at radius 2 is 1.77 bits per heavy atom. The summed E-state index contributed by atoms with van der Waals surface area (Å²) in [4.78, 5) is 5.47. The maximum absolute atomic E-state index is 5.47. The van der Waals surface area contributed by atoms with Gasteiger partial charge in [0.15, 0.2) is 0 Å². The van der Waals surface area contributed by atoms with E-state index >= 15 is 0 Å². The summed E-state index contributed by atoms with van der Waals surface area (Å²) in [6, 6.07) is 11.2. The van der Waals surface area contributed by atoms with Gasteiger partial charge in [-0.15, -0.1) is 0 Å². The first-order chi connectivity index (χ1) is 14.4. The third-order valence-electron chi connectivity index (χ3n) is 7.34. The number of rotatable bonds is 3. The van der Waals surface area contributed by atoms with Crippen molar-refractivity contribution in [1.29, 1.82) is 0 Å². The second kappa shape index (κ2) is 8.55. The maximum atomic E-state index is 5.47. The van der Waals surface area contributed by atoms with E-state index in [1.165, 1.54) is 53.8 Å². The van der Waals surface area contributed by atoms with Crippen LogP contribution in [0.15, 0.2) is 47.5 Å². The van der Waals surface area contributed by atoms with Crippen molar-refractivity contribution < 1.29 is 0 Å². The number of nitrogens with zero attached hydrogens (tertiary/aromatic N) is 2. The SMILES string of the molecule is Cc1c2c(n(C)c1C)CC/C=C/C(c1ccccc1)=NC2(C)NC1CCC(C)CC1. The van der Waals surface area contributed by atoms with Gasteiger partial charge in [-0.3, -0.25) is 10.3 Å². The Labute approximate surface area is 182 Å². The molecule has 2 aliphatic rings. The van der Waals surface area contributed by atoms with Crippen LogP contribution in [-0.4, -0.2) is 16.3 Å². The Balaban J connectivity index is 1.85. The van der Waals surface area contributed by atoms with Crippen molar-refractivity contribution in [2.24, 2.45) is 18.0 Å². The van der Waals surface area contributed by atoms with E-state index in [0.29, 0.717) is 6.04 Å². The normalized spacial score (nSPS) is 28.1. The molecule has 0 spiro atoms. The second-order valence-corrected chi connectivity index (χ2v) is 9.57. The second-order valence-electron chi connectivity index (χ2n) is 9.57. The fourth-order valence-corrected chi connectivity index (χ4v) is 5.38. The molecule has 1 aliphatic carbocycles. The summed E-state index contributed by atoms with van der Waals surface area (Å²) in [6.07, 6.45) is 11.7. The van der Waals surface area contributed by atoms with E-state index in [2.05, 4.69) is 87.1 Å². The molecule has 0 radical (unpaired) electrons. The van der Waals surface area contributed by atoms with Gasteiger partial charge < -0.3 is 4.57 Å². The van der Waals surface area contributed by atoms with Crippen molar-refractivity contribution in [2.75, 3.05) is 0 Å². The van der Waals surface area contributed by atoms with Crippen molar-refractivity contribution in [3.05, 3.63) is 70.6 Å². The highest BCUT2D eigenvalue weighted by molar-refractivity contribution is 6.09. The summed E-state index contributed by atoms with van der Waals surface area (Å²) < 4.78 is 2.39. The molecule has 1 fully saturated rings. The molecule has 1 unspecified atom stereocenters. The third-order valence-corrected chi connectivity index (χ3v) is 7.34. The Bertz CT molecular complexity index is 942. The van der Waals surface area contributed by atoms with Crippen LogP contribution < -0.4 is 5.32 Å². The number of allylic oxidation sites excluding steroid dienone is 2. The summed E-state index contributed by atoms with van der Waals surface area (Å²) in [5.41, 5.74) is 7.37. The van der Waals surface area contributed by atoms with Gasteiger partial charge in [-0.2, -0.15) is 0 Å². The molecule has 0 saturated heterocycles. The Hall–Kier alpha value is -2.13. The number of fused-ring (bicyclic) bond motifs is 1. The van der Waals surface area contributed by atoms with Gasteiger partial charge in [0.25, 0.3) is 0 Å². The molecule has 160 valence electrons. The van der Waals surface area contributed by atoms with Crippen LogP contribution in [0.4, 0.5) is 0 Å². The third kappa shape index (κ3) is 4.05. The Kier molecular flexibility index (Phi) is 6.02. The lowest BCUT2D eigenvalue weighted by molar-refractivity contribution is 0.243. The minimum Gasteiger partial charge on any atom is -0.351 e. The van der Waals surface area contributed by atoms with Crippen LogP contribution in [0.3, 0.4) is 0 Å². The average molecular weight is 404 g/mol. The molecule has 1 aromatic carbocycles. The first-order valence-corrected chi connectivity index (χ1v) is 11.6. The van der Waals surface area contributed by atoms with Crippen LogP contribution in [0.1, 0.15) is 74.0 Å². The molecule has 0 bridgehead atoms. The number of nitrogens with one attached hydrogen (secondary N) is 1. The smallest absolute Gasteiger partial charge is 0.136 e. The molecule has 1 aliphatic heterocycles. The van der Waals surface area contributed by atoms with Crippen molar-refractivity contribution in [2.45, 2.75) is 77.9 Å². The van der Waals surface area contributed by atoms with E-state index in [4.69, 9.17) is 4.99 Å². The maximum Gasteiger partial charge on any atom is 0.136 e. The predicted octanol–water partition coefficient (Wildman–Crippen LogP) is 5.97. The fraction of sp³-hybridized carbons (Fsp3) is 0.519. The largest absolute Gasteiger partial charge is 0.351 e. The quantitative estimate of drug-likeness (QED) is 0.672. The number of aliphatic imine (C=N–C) groups is 1. The molecule has 1 aromatic heterocycles. The highest BCUT2D eigenvalue weighted by Gasteiger charge is 2.36. The lowest BCUT2D eigenvalue weighted by Crippen LogP contribution is -2.47. The average Bonchev–Trinajstić information content (AvgIpc) is 3.00. The van der Waals surface area contributed by atoms with Gasteiger partial charge in [0.05, 0.1) is 5.71 Å². The first-order valence-electron chi connectivity index (χ1n) is 11.6. The van der Waals surface area contributed by atoms with Gasteiger partial charge in [-0.1, -0.05) is 43.3 Å². The van der Waals surface area contributed by atoms with Crippen molar-refractivity contribution in [1.82, 2.24) is 9.88 Å². The molecule has 3 nitrogen and oxygen atoms in total. The van der Waals surface area contributed by atoms with Crippen molar-refractivity contribution >= 4 is 5.71 Å². The summed E-state index contributed by atoms with van der Waals surface area (Å²) in [6.45, 7) is 9.21. The molecule has 1 saturated carbocycles. The number of hydrogen-bond donors (Lipinski definition) is 1. The summed E-state index contributed by atoms with van der Waals surface area (Å²) >= 11 is 0. The molecule has 4 rings (SSSR count). The molecule has 30 heavy (non-hydrogen) atoms. The van der Waals surface area contributed by atoms with Gasteiger partial charge in [0.2, 0.25) is 0 Å². The van der Waals surface area contributed by atoms with Crippen LogP contribution in [-0.2, 0) is 19.1 Å². The van der Waals surface area contributed by atoms with E-state index < -0.39 is 5.66 Å². The zero-order valence-corrected chi connectivity index (χ0v) is 19.3. The minimum absolute atomic E-state index is 0.434. The molecule has 1 atom stereocenters. The molecular formula is C27H37N3. The van der Waals surface area contributed by atoms with E-state index in [-0.39, 0.29) is 0 Å². The number of hydrogen-bond acceptors (Lipinski definition) is 2. The van der Waals surface area contributed by atoms with Crippen molar-refractivity contribution in [3.8, 4) is 0 Å². The summed E-state index contributed by atoms with van der Waals surface area (Å²) in [7, 11) is 2.22. The van der Waals surface area contributed by atoms with E-state index in [1.807, 2.05) is 0 Å². The molecular weight excluding hydrogens is 366 g/mol. The van der Waals surface area contributed by atoms with E-state index in [1.54, 1.807) is 0 Å². The van der Waals surface area contributed by atoms with Crippen LogP contribution in [0.5, 0.6) is 0 Å². The Morgan fingerprint density at radius 3 is 2.47 bits per heavy atom. The van der Waals surface area contributed by atoms with Crippen LogP contribution in [0.25, 0.3) is 0 Å². The molecule has 3 heteroatoms. The fourth-order valence-electron chi connectivity index (χ4n) is 5.38. The highest BCUT2D eigenvalue weighted by atomic mass is 15.2. The van der Waals surface area contributed by atoms with Gasteiger partial charge >= 0.3 is 0 Å². The van der Waals surface area contributed by atoms with Gasteiger partial charge in [0.1, 0.15) is 5.66 Å². The van der Waals surface area contributed by atoms with Crippen LogP contribution >= 0.6 is 0 Å². The number of benzene rings is 1. The molecule has 1 N–H and O–H groups in total. The van der Waals surface area contributed by atoms with Crippen molar-refractivity contribution in [3.63, 3.8) is 0 Å². The van der Waals surface area contributed by atoms with E-state index in [9.17, 15) is 0 Å². The van der Waals surface area contributed by atoms with E-state index in [0.717, 1.165) is 24.5 Å². The standard InChI is InChI=1S/C27H37N3/c1-19-15-17-23(18-16-19)28-27(4)26-20(2)21(3)30(5)25(26)14-10-9-13-24(29-27)22-11-7-6-8-12-22/h6-9,11-13,19,23,28H,10,14-18H2,1-5H3/b13-9+,29-24?. The molecule has 0 amide bonds. The molecule has 2 heterocycles. The zero-order chi connectivity index (χ0) is 21.3. The first kappa shape index (κ1) is 21.1. The lowest BCUT2D eigenvalue weighted by atomic mass is 9.85. The predicted molar refractivity (Wildman–Crippen MR) is 127 cm³/mol. The topological polar surface area (TPSA) is 29.3 Å². The molecule has 2 aromatic rings. The van der Waals surface area contributed by atoms with Gasteiger partial charge in [-0.25, -0.2) is 0 Å².